The maximum absolute atomic E-state index is 13.4. The van der Waals surface area contributed by atoms with Crippen LogP contribution in [0.1, 0.15) is 62.7 Å². The number of hydrogen-bond donors (Lipinski definition) is 1. The highest BCUT2D eigenvalue weighted by atomic mass is 16.5. The Morgan fingerprint density at radius 1 is 1.18 bits per heavy atom. The number of nitrogens with one attached hydrogen (secondary N) is 1. The summed E-state index contributed by atoms with van der Waals surface area (Å²) >= 11 is 0. The molecule has 34 heavy (non-hydrogen) atoms. The van der Waals surface area contributed by atoms with Crippen molar-refractivity contribution >= 4 is 11.8 Å². The minimum absolute atomic E-state index is 0.0779. The van der Waals surface area contributed by atoms with Crippen LogP contribution in [0.3, 0.4) is 0 Å². The summed E-state index contributed by atoms with van der Waals surface area (Å²) in [5, 5.41) is 7.55. The molecule has 1 spiro atoms. The first kappa shape index (κ1) is 24.2. The highest BCUT2D eigenvalue weighted by molar-refractivity contribution is 5.83. The third-order valence-electron chi connectivity index (χ3n) is 7.25. The molecule has 184 valence electrons. The van der Waals surface area contributed by atoms with Crippen molar-refractivity contribution in [2.24, 2.45) is 5.41 Å². The Morgan fingerprint density at radius 2 is 1.94 bits per heavy atom. The molecule has 4 rings (SSSR count). The summed E-state index contributed by atoms with van der Waals surface area (Å²) in [6, 6.07) is 8.11. The Kier molecular flexibility index (Phi) is 7.54. The normalized spacial score (nSPS) is 21.1. The van der Waals surface area contributed by atoms with Crippen LogP contribution in [0.15, 0.2) is 24.3 Å². The minimum atomic E-state index is -0.413. The maximum atomic E-state index is 13.4. The van der Waals surface area contributed by atoms with Gasteiger partial charge in [-0.1, -0.05) is 24.6 Å². The molecule has 8 nitrogen and oxygen atoms in total. The van der Waals surface area contributed by atoms with Crippen LogP contribution in [0.4, 0.5) is 0 Å². The molecule has 2 aromatic rings. The van der Waals surface area contributed by atoms with Gasteiger partial charge in [-0.3, -0.25) is 9.59 Å². The lowest BCUT2D eigenvalue weighted by atomic mass is 9.73. The average molecular weight is 468 g/mol. The van der Waals surface area contributed by atoms with Gasteiger partial charge in [0, 0.05) is 19.5 Å². The second-order valence-electron chi connectivity index (χ2n) is 9.84. The van der Waals surface area contributed by atoms with Crippen molar-refractivity contribution in [1.29, 1.82) is 0 Å². The first-order valence-corrected chi connectivity index (χ1v) is 12.5. The number of likely N-dealkylation sites (tertiary alicyclic amines) is 1. The van der Waals surface area contributed by atoms with Crippen molar-refractivity contribution in [1.82, 2.24) is 25.0 Å². The number of ether oxygens (including phenoxy) is 1. The monoisotopic (exact) mass is 467 g/mol. The Bertz CT molecular complexity index is 1010. The van der Waals surface area contributed by atoms with Gasteiger partial charge in [0.25, 0.3) is 0 Å². The van der Waals surface area contributed by atoms with E-state index in [2.05, 4.69) is 27.5 Å². The molecule has 3 heterocycles. The number of rotatable bonds is 3. The van der Waals surface area contributed by atoms with Crippen LogP contribution in [-0.4, -0.2) is 57.2 Å². The van der Waals surface area contributed by atoms with Gasteiger partial charge in [0.05, 0.1) is 18.0 Å². The lowest BCUT2D eigenvalue weighted by Gasteiger charge is -2.41. The number of hydrogen-bond acceptors (Lipinski definition) is 5. The molecular formula is C26H37N5O3. The van der Waals surface area contributed by atoms with Crippen LogP contribution >= 0.6 is 0 Å². The van der Waals surface area contributed by atoms with Crippen LogP contribution in [0.5, 0.6) is 5.75 Å². The van der Waals surface area contributed by atoms with Gasteiger partial charge in [-0.2, -0.15) is 5.10 Å². The van der Waals surface area contributed by atoms with Crippen molar-refractivity contribution < 1.29 is 14.3 Å². The molecule has 0 saturated carbocycles. The van der Waals surface area contributed by atoms with Gasteiger partial charge in [0.2, 0.25) is 11.8 Å². The van der Waals surface area contributed by atoms with E-state index in [9.17, 15) is 9.59 Å². The fourth-order valence-corrected chi connectivity index (χ4v) is 5.17. The van der Waals surface area contributed by atoms with E-state index in [4.69, 9.17) is 4.74 Å². The molecule has 0 bridgehead atoms. The molecule has 1 atom stereocenters. The third-order valence-corrected chi connectivity index (χ3v) is 7.25. The standard InChI is InChI=1S/C26H37N5O3/c1-19-18-34-23-10-5-4-8-22(23)9-6-7-12-26(25(33)27-19)13-16-30(17-14-26)24(32)11-15-31-21(3)28-20(2)29-31/h4-5,8,10,19H,6-7,9,11-18H2,1-3H3,(H,27,33)/t19-/m1/s1. The number of carbonyl (C=O) groups excluding carboxylic acids is 2. The second kappa shape index (κ2) is 10.6. The Balaban J connectivity index is 1.37. The highest BCUT2D eigenvalue weighted by Crippen LogP contribution is 2.38. The number of piperidine rings is 1. The Morgan fingerprint density at radius 3 is 2.68 bits per heavy atom. The molecule has 1 aromatic carbocycles. The summed E-state index contributed by atoms with van der Waals surface area (Å²) < 4.78 is 7.83. The molecule has 0 aliphatic carbocycles. The number of aromatic nitrogens is 3. The van der Waals surface area contributed by atoms with E-state index in [-0.39, 0.29) is 17.9 Å². The van der Waals surface area contributed by atoms with Gasteiger partial charge < -0.3 is 15.0 Å². The molecule has 1 aromatic heterocycles. The molecule has 0 unspecified atom stereocenters. The van der Waals surface area contributed by atoms with Gasteiger partial charge in [-0.25, -0.2) is 9.67 Å². The summed E-state index contributed by atoms with van der Waals surface area (Å²) in [5.41, 5.74) is 0.817. The number of para-hydroxylation sites is 1. The van der Waals surface area contributed by atoms with Crippen LogP contribution in [0, 0.1) is 19.3 Å². The quantitative estimate of drug-likeness (QED) is 0.749. The van der Waals surface area contributed by atoms with E-state index >= 15 is 0 Å². The predicted octanol–water partition coefficient (Wildman–Crippen LogP) is 3.20. The Hall–Kier alpha value is -2.90. The van der Waals surface area contributed by atoms with Crippen LogP contribution in [0.2, 0.25) is 0 Å². The summed E-state index contributed by atoms with van der Waals surface area (Å²) in [7, 11) is 0. The van der Waals surface area contributed by atoms with Gasteiger partial charge in [0.1, 0.15) is 24.0 Å². The molecule has 0 radical (unpaired) electrons. The molecule has 1 N–H and O–H groups in total. The number of benzene rings is 1. The zero-order valence-corrected chi connectivity index (χ0v) is 20.7. The van der Waals surface area contributed by atoms with E-state index in [0.717, 1.165) is 43.1 Å². The first-order chi connectivity index (χ1) is 16.4. The van der Waals surface area contributed by atoms with Crippen LogP contribution in [-0.2, 0) is 22.6 Å². The maximum Gasteiger partial charge on any atom is 0.226 e. The number of aryl methyl sites for hydroxylation is 4. The molecule has 2 amide bonds. The number of fused-ring (bicyclic) bond motifs is 1. The lowest BCUT2D eigenvalue weighted by Crippen LogP contribution is -2.52. The molecule has 2 aliphatic rings. The van der Waals surface area contributed by atoms with E-state index in [0.29, 0.717) is 45.5 Å². The third kappa shape index (κ3) is 5.59. The van der Waals surface area contributed by atoms with Crippen molar-refractivity contribution in [3.63, 3.8) is 0 Å². The largest absolute Gasteiger partial charge is 0.491 e. The molecular weight excluding hydrogens is 430 g/mol. The van der Waals surface area contributed by atoms with Gasteiger partial charge in [-0.15, -0.1) is 0 Å². The van der Waals surface area contributed by atoms with Crippen LogP contribution < -0.4 is 10.1 Å². The minimum Gasteiger partial charge on any atom is -0.491 e. The zero-order valence-electron chi connectivity index (χ0n) is 20.7. The zero-order chi connectivity index (χ0) is 24.1. The fourth-order valence-electron chi connectivity index (χ4n) is 5.17. The lowest BCUT2D eigenvalue weighted by molar-refractivity contribution is -0.141. The smallest absolute Gasteiger partial charge is 0.226 e. The topological polar surface area (TPSA) is 89.4 Å². The molecule has 1 fully saturated rings. The Labute approximate surface area is 202 Å². The van der Waals surface area contributed by atoms with Crippen LogP contribution in [0.25, 0.3) is 0 Å². The van der Waals surface area contributed by atoms with E-state index in [1.807, 2.05) is 37.8 Å². The van der Waals surface area contributed by atoms with Crippen molar-refractivity contribution in [2.45, 2.75) is 78.3 Å². The highest BCUT2D eigenvalue weighted by Gasteiger charge is 2.42. The van der Waals surface area contributed by atoms with E-state index < -0.39 is 5.41 Å². The summed E-state index contributed by atoms with van der Waals surface area (Å²) in [5.74, 6) is 2.70. The van der Waals surface area contributed by atoms with Gasteiger partial charge >= 0.3 is 0 Å². The van der Waals surface area contributed by atoms with Crippen molar-refractivity contribution in [3.05, 3.63) is 41.5 Å². The number of carbonyl (C=O) groups is 2. The predicted molar refractivity (Wildman–Crippen MR) is 129 cm³/mol. The molecule has 8 heteroatoms. The van der Waals surface area contributed by atoms with Gasteiger partial charge in [0.15, 0.2) is 0 Å². The van der Waals surface area contributed by atoms with Crippen molar-refractivity contribution in [2.75, 3.05) is 19.7 Å². The first-order valence-electron chi connectivity index (χ1n) is 12.5. The molecule has 1 saturated heterocycles. The second-order valence-corrected chi connectivity index (χ2v) is 9.84. The fraction of sp³-hybridized carbons (Fsp3) is 0.615. The average Bonchev–Trinajstić information content (AvgIpc) is 3.15. The SMILES string of the molecule is Cc1nc(C)n(CCC(=O)N2CCC3(CCCCc4ccccc4OC[C@@H](C)NC3=O)CC2)n1. The number of amides is 2. The summed E-state index contributed by atoms with van der Waals surface area (Å²) in [4.78, 5) is 32.5. The molecule has 2 aliphatic heterocycles. The van der Waals surface area contributed by atoms with Gasteiger partial charge in [-0.05, 0) is 64.5 Å². The van der Waals surface area contributed by atoms with E-state index in [1.165, 1.54) is 5.56 Å². The summed E-state index contributed by atoms with van der Waals surface area (Å²) in [6.07, 6.45) is 5.62. The van der Waals surface area contributed by atoms with Crippen molar-refractivity contribution in [3.8, 4) is 5.75 Å². The number of nitrogens with zero attached hydrogens (tertiary/aromatic N) is 4. The summed E-state index contributed by atoms with van der Waals surface area (Å²) in [6.45, 7) is 7.98. The van der Waals surface area contributed by atoms with E-state index in [1.54, 1.807) is 4.68 Å².